The van der Waals surface area contributed by atoms with Crippen molar-refractivity contribution in [3.63, 3.8) is 0 Å². The molecule has 9 heteroatoms. The number of rotatable bonds is 3. The normalized spacial score (nSPS) is 24.9. The molecule has 8 nitrogen and oxygen atoms in total. The Kier molecular flexibility index (Phi) is 3.97. The van der Waals surface area contributed by atoms with E-state index in [0.717, 1.165) is 12.8 Å². The first-order valence-electron chi connectivity index (χ1n) is 8.67. The monoisotopic (exact) mass is 389 g/mol. The molecule has 2 atom stereocenters. The lowest BCUT2D eigenvalue weighted by molar-refractivity contribution is -0.149. The van der Waals surface area contributed by atoms with Gasteiger partial charge in [-0.25, -0.2) is 13.6 Å². The molecule has 1 aromatic heterocycles. The first-order chi connectivity index (χ1) is 12.7. The zero-order chi connectivity index (χ0) is 19.4. The zero-order valence-electron chi connectivity index (χ0n) is 14.5. The van der Waals surface area contributed by atoms with E-state index in [1.807, 2.05) is 0 Å². The largest absolute Gasteiger partial charge is 0.481 e. The smallest absolute Gasteiger partial charge is 0.311 e. The molecule has 0 unspecified atom stereocenters. The van der Waals surface area contributed by atoms with Gasteiger partial charge in [-0.1, -0.05) is 18.6 Å². The summed E-state index contributed by atoms with van der Waals surface area (Å²) in [6.45, 7) is 0.525. The Labute approximate surface area is 156 Å². The van der Waals surface area contributed by atoms with Crippen LogP contribution in [0.3, 0.4) is 0 Å². The highest BCUT2D eigenvalue weighted by molar-refractivity contribution is 7.89. The van der Waals surface area contributed by atoms with Crippen LogP contribution in [0.25, 0.3) is 10.8 Å². The van der Waals surface area contributed by atoms with E-state index in [1.165, 1.54) is 29.3 Å². The second-order valence-corrected chi connectivity index (χ2v) is 8.82. The number of aromatic nitrogens is 1. The van der Waals surface area contributed by atoms with E-state index in [1.54, 1.807) is 6.07 Å². The van der Waals surface area contributed by atoms with Crippen LogP contribution in [0.4, 0.5) is 0 Å². The highest BCUT2D eigenvalue weighted by Crippen LogP contribution is 2.49. The van der Waals surface area contributed by atoms with Crippen LogP contribution in [0, 0.1) is 11.3 Å². The number of carboxylic acid groups (broad SMARTS) is 1. The topological polar surface area (TPSA) is 131 Å². The molecule has 142 valence electrons. The van der Waals surface area contributed by atoms with Crippen molar-refractivity contribution in [1.82, 2.24) is 9.88 Å². The molecule has 0 bridgehead atoms. The number of carboxylic acids is 1. The number of aliphatic carboxylic acids is 1. The van der Waals surface area contributed by atoms with Crippen molar-refractivity contribution >= 4 is 32.7 Å². The molecule has 27 heavy (non-hydrogen) atoms. The predicted octanol–water partition coefficient (Wildman–Crippen LogP) is 1.21. The van der Waals surface area contributed by atoms with E-state index >= 15 is 0 Å². The van der Waals surface area contributed by atoms with E-state index < -0.39 is 21.4 Å². The molecule has 0 spiro atoms. The Morgan fingerprint density at radius 2 is 2.04 bits per heavy atom. The molecule has 0 radical (unpaired) electrons. The van der Waals surface area contributed by atoms with Gasteiger partial charge < -0.3 is 10.0 Å². The molecule has 1 saturated heterocycles. The number of sulfonamides is 1. The fourth-order valence-electron chi connectivity index (χ4n) is 4.54. The van der Waals surface area contributed by atoms with Crippen LogP contribution < -0.4 is 5.14 Å². The molecule has 2 aromatic rings. The van der Waals surface area contributed by atoms with E-state index in [4.69, 9.17) is 5.14 Å². The first-order valence-corrected chi connectivity index (χ1v) is 10.2. The summed E-state index contributed by atoms with van der Waals surface area (Å²) in [5.41, 5.74) is -0.773. The lowest BCUT2D eigenvalue weighted by Crippen LogP contribution is -2.37. The standard InChI is InChI=1S/C18H19N3O5S/c19-27(25,26)14-5-1-4-13-12(14)6-8-20-15(13)16(22)21-9-11-3-2-7-18(11,10-21)17(23)24/h1,4-6,8,11H,2-3,7,9-10H2,(H,23,24)(H2,19,25,26)/t11-,18+/m0/s1. The number of hydrogen-bond acceptors (Lipinski definition) is 5. The highest BCUT2D eigenvalue weighted by Gasteiger charge is 2.56. The van der Waals surface area contributed by atoms with Gasteiger partial charge in [0, 0.05) is 30.1 Å². The second-order valence-electron chi connectivity index (χ2n) is 7.29. The molecule has 1 aliphatic heterocycles. The van der Waals surface area contributed by atoms with Gasteiger partial charge in [-0.2, -0.15) is 0 Å². The van der Waals surface area contributed by atoms with Crippen LogP contribution in [0.2, 0.25) is 0 Å². The summed E-state index contributed by atoms with van der Waals surface area (Å²) < 4.78 is 23.7. The zero-order valence-corrected chi connectivity index (χ0v) is 15.3. The molecule has 1 aliphatic carbocycles. The average molecular weight is 389 g/mol. The summed E-state index contributed by atoms with van der Waals surface area (Å²) in [4.78, 5) is 30.6. The van der Waals surface area contributed by atoms with Crippen LogP contribution in [0.1, 0.15) is 29.8 Å². The highest BCUT2D eigenvalue weighted by atomic mass is 32.2. The molecule has 1 saturated carbocycles. The summed E-state index contributed by atoms with van der Waals surface area (Å²) in [6.07, 6.45) is 3.57. The van der Waals surface area contributed by atoms with Crippen LogP contribution in [-0.4, -0.2) is 48.4 Å². The van der Waals surface area contributed by atoms with Gasteiger partial charge in [0.25, 0.3) is 5.91 Å². The van der Waals surface area contributed by atoms with Gasteiger partial charge in [0.1, 0.15) is 5.69 Å². The lowest BCUT2D eigenvalue weighted by atomic mass is 9.81. The van der Waals surface area contributed by atoms with Gasteiger partial charge in [0.05, 0.1) is 10.3 Å². The number of nitrogens with zero attached hydrogens (tertiary/aromatic N) is 2. The number of benzene rings is 1. The molecule has 2 heterocycles. The van der Waals surface area contributed by atoms with E-state index in [-0.39, 0.29) is 29.0 Å². The maximum Gasteiger partial charge on any atom is 0.311 e. The lowest BCUT2D eigenvalue weighted by Gasteiger charge is -2.23. The second kappa shape index (κ2) is 6.00. The van der Waals surface area contributed by atoms with Crippen molar-refractivity contribution in [2.45, 2.75) is 24.2 Å². The number of primary sulfonamides is 1. The third-order valence-electron chi connectivity index (χ3n) is 5.86. The quantitative estimate of drug-likeness (QED) is 0.811. The van der Waals surface area contributed by atoms with E-state index in [0.29, 0.717) is 23.7 Å². The van der Waals surface area contributed by atoms with Crippen molar-refractivity contribution in [2.24, 2.45) is 16.5 Å². The molecular weight excluding hydrogens is 370 g/mol. The number of amides is 1. The Bertz CT molecular complexity index is 1070. The van der Waals surface area contributed by atoms with Gasteiger partial charge in [0.2, 0.25) is 10.0 Å². The van der Waals surface area contributed by atoms with E-state index in [9.17, 15) is 23.1 Å². The Hall–Kier alpha value is -2.52. The van der Waals surface area contributed by atoms with Crippen LogP contribution in [-0.2, 0) is 14.8 Å². The Morgan fingerprint density at radius 3 is 2.70 bits per heavy atom. The van der Waals surface area contributed by atoms with Crippen LogP contribution >= 0.6 is 0 Å². The van der Waals surface area contributed by atoms with Gasteiger partial charge in [0.15, 0.2) is 0 Å². The Morgan fingerprint density at radius 1 is 1.26 bits per heavy atom. The van der Waals surface area contributed by atoms with Crippen LogP contribution in [0.15, 0.2) is 35.4 Å². The fourth-order valence-corrected chi connectivity index (χ4v) is 5.29. The van der Waals surface area contributed by atoms with Crippen molar-refractivity contribution in [3.05, 3.63) is 36.2 Å². The van der Waals surface area contributed by atoms with E-state index in [2.05, 4.69) is 4.98 Å². The molecule has 1 aromatic carbocycles. The minimum atomic E-state index is -3.95. The molecule has 3 N–H and O–H groups in total. The summed E-state index contributed by atoms with van der Waals surface area (Å²) >= 11 is 0. The number of pyridine rings is 1. The number of likely N-dealkylation sites (tertiary alicyclic amines) is 1. The van der Waals surface area contributed by atoms with Crippen molar-refractivity contribution in [3.8, 4) is 0 Å². The maximum atomic E-state index is 13.1. The summed E-state index contributed by atoms with van der Waals surface area (Å²) in [5, 5.41) is 15.7. The number of carbonyl (C=O) groups is 2. The maximum absolute atomic E-state index is 13.1. The summed E-state index contributed by atoms with van der Waals surface area (Å²) in [7, 11) is -3.95. The molecule has 1 amide bonds. The average Bonchev–Trinajstić information content (AvgIpc) is 3.17. The third kappa shape index (κ3) is 2.69. The SMILES string of the molecule is NS(=O)(=O)c1cccc2c(C(=O)N3C[C@@H]4CCC[C@@]4(C(=O)O)C3)nccc12. The van der Waals surface area contributed by atoms with Gasteiger partial charge in [-0.05, 0) is 30.9 Å². The van der Waals surface area contributed by atoms with Crippen molar-refractivity contribution < 1.29 is 23.1 Å². The molecule has 2 fully saturated rings. The number of hydrogen-bond donors (Lipinski definition) is 2. The summed E-state index contributed by atoms with van der Waals surface area (Å²) in [5.74, 6) is -1.31. The minimum Gasteiger partial charge on any atom is -0.481 e. The molecular formula is C18H19N3O5S. The molecule has 2 aliphatic rings. The fraction of sp³-hybridized carbons (Fsp3) is 0.389. The first kappa shape index (κ1) is 17.9. The predicted molar refractivity (Wildman–Crippen MR) is 96.4 cm³/mol. The third-order valence-corrected chi connectivity index (χ3v) is 6.83. The van der Waals surface area contributed by atoms with Gasteiger partial charge >= 0.3 is 5.97 Å². The van der Waals surface area contributed by atoms with Gasteiger partial charge in [-0.3, -0.25) is 14.6 Å². The van der Waals surface area contributed by atoms with Gasteiger partial charge in [-0.15, -0.1) is 0 Å². The van der Waals surface area contributed by atoms with Crippen molar-refractivity contribution in [2.75, 3.05) is 13.1 Å². The van der Waals surface area contributed by atoms with Crippen LogP contribution in [0.5, 0.6) is 0 Å². The number of fused-ring (bicyclic) bond motifs is 2. The summed E-state index contributed by atoms with van der Waals surface area (Å²) in [6, 6.07) is 6.01. The molecule has 4 rings (SSSR count). The Balaban J connectivity index is 1.76. The van der Waals surface area contributed by atoms with Crippen molar-refractivity contribution in [1.29, 1.82) is 0 Å². The number of carbonyl (C=O) groups excluding carboxylic acids is 1. The number of nitrogens with two attached hydrogens (primary N) is 1. The minimum absolute atomic E-state index is 0.0612.